The van der Waals surface area contributed by atoms with Crippen molar-refractivity contribution in [3.63, 3.8) is 0 Å². The molecule has 1 N–H and O–H groups in total. The lowest BCUT2D eigenvalue weighted by atomic mass is 9.87. The molecule has 0 amide bonds. The van der Waals surface area contributed by atoms with Gasteiger partial charge in [-0.3, -0.25) is 9.80 Å². The summed E-state index contributed by atoms with van der Waals surface area (Å²) in [4.78, 5) is 8.05. The highest BCUT2D eigenvalue weighted by Crippen LogP contribution is 2.43. The summed E-state index contributed by atoms with van der Waals surface area (Å²) < 4.78 is 37.3. The summed E-state index contributed by atoms with van der Waals surface area (Å²) in [6.45, 7) is 12.0. The van der Waals surface area contributed by atoms with E-state index < -0.39 is 17.7 Å². The molecule has 182 valence electrons. The quantitative estimate of drug-likeness (QED) is 0.469. The number of halogens is 2. The summed E-state index contributed by atoms with van der Waals surface area (Å²) in [5.74, 6) is -0.445. The Labute approximate surface area is 200 Å². The monoisotopic (exact) mass is 467 g/mol. The summed E-state index contributed by atoms with van der Waals surface area (Å²) in [5, 5.41) is 1.14. The zero-order valence-corrected chi connectivity index (χ0v) is 20.6. The van der Waals surface area contributed by atoms with Crippen LogP contribution >= 0.6 is 0 Å². The van der Waals surface area contributed by atoms with Crippen molar-refractivity contribution in [1.82, 2.24) is 14.8 Å². The Hall–Kier alpha value is -2.44. The number of benzene rings is 2. The second-order valence-electron chi connectivity index (χ2n) is 10.4. The molecule has 4 nitrogen and oxygen atoms in total. The summed E-state index contributed by atoms with van der Waals surface area (Å²) >= 11 is 0. The molecule has 0 radical (unpaired) electrons. The van der Waals surface area contributed by atoms with Gasteiger partial charge >= 0.3 is 0 Å². The maximum Gasteiger partial charge on any atom is 0.135 e. The van der Waals surface area contributed by atoms with Crippen LogP contribution in [0.4, 0.5) is 8.78 Å². The highest BCUT2D eigenvalue weighted by atomic mass is 19.1. The minimum absolute atomic E-state index is 0.0105. The fraction of sp³-hybridized carbons (Fsp3) is 0.500. The molecule has 3 heterocycles. The Morgan fingerprint density at radius 1 is 1.12 bits per heavy atom. The molecule has 2 atom stereocenters. The molecule has 2 aromatic carbocycles. The van der Waals surface area contributed by atoms with Crippen LogP contribution in [0, 0.1) is 17.6 Å². The topological polar surface area (TPSA) is 31.5 Å². The Kier molecular flexibility index (Phi) is 6.38. The van der Waals surface area contributed by atoms with Gasteiger partial charge in [-0.05, 0) is 43.9 Å². The van der Waals surface area contributed by atoms with Gasteiger partial charge in [0.05, 0.1) is 6.04 Å². The van der Waals surface area contributed by atoms with Gasteiger partial charge in [0, 0.05) is 60.0 Å². The number of aromatic nitrogens is 1. The van der Waals surface area contributed by atoms with Crippen molar-refractivity contribution in [2.24, 2.45) is 5.92 Å². The molecule has 6 heteroatoms. The molecule has 2 aliphatic heterocycles. The van der Waals surface area contributed by atoms with E-state index in [0.29, 0.717) is 5.92 Å². The molecular weight excluding hydrogens is 432 g/mol. The van der Waals surface area contributed by atoms with Crippen LogP contribution in [0.1, 0.15) is 57.0 Å². The third kappa shape index (κ3) is 4.22. The van der Waals surface area contributed by atoms with Gasteiger partial charge < -0.3 is 9.72 Å². The van der Waals surface area contributed by atoms with Gasteiger partial charge in [0.25, 0.3) is 0 Å². The minimum atomic E-state index is -0.544. The number of H-pyrrole nitrogens is 1. The third-order valence-electron chi connectivity index (χ3n) is 7.19. The maximum absolute atomic E-state index is 15.7. The van der Waals surface area contributed by atoms with E-state index in [1.54, 1.807) is 0 Å². The van der Waals surface area contributed by atoms with Gasteiger partial charge in [0.1, 0.15) is 23.5 Å². The first-order valence-electron chi connectivity index (χ1n) is 12.6. The van der Waals surface area contributed by atoms with Crippen molar-refractivity contribution in [2.45, 2.75) is 58.7 Å². The zero-order valence-electron chi connectivity index (χ0n) is 20.6. The normalized spacial score (nSPS) is 21.7. The second-order valence-corrected chi connectivity index (χ2v) is 10.4. The number of ether oxygens (including phenoxy) is 1. The van der Waals surface area contributed by atoms with Gasteiger partial charge in [0.2, 0.25) is 0 Å². The van der Waals surface area contributed by atoms with Crippen molar-refractivity contribution in [1.29, 1.82) is 0 Å². The van der Waals surface area contributed by atoms with Crippen molar-refractivity contribution < 1.29 is 13.5 Å². The largest absolute Gasteiger partial charge is 0.488 e. The predicted octanol–water partition coefficient (Wildman–Crippen LogP) is 5.91. The Morgan fingerprint density at radius 3 is 2.50 bits per heavy atom. The van der Waals surface area contributed by atoms with Crippen LogP contribution in [0.3, 0.4) is 0 Å². The molecular formula is C28H35F2N3O. The summed E-state index contributed by atoms with van der Waals surface area (Å²) in [5.41, 5.74) is 3.19. The van der Waals surface area contributed by atoms with Crippen molar-refractivity contribution in [2.75, 3.05) is 26.2 Å². The fourth-order valence-corrected chi connectivity index (χ4v) is 5.70. The summed E-state index contributed by atoms with van der Waals surface area (Å²) in [6.07, 6.45) is 1.93. The minimum Gasteiger partial charge on any atom is -0.488 e. The fourth-order valence-electron chi connectivity index (χ4n) is 5.70. The first-order chi connectivity index (χ1) is 16.4. The van der Waals surface area contributed by atoms with E-state index in [2.05, 4.69) is 48.5 Å². The molecule has 0 saturated carbocycles. The lowest BCUT2D eigenvalue weighted by Crippen LogP contribution is -2.53. The average Bonchev–Trinajstić information content (AvgIpc) is 3.11. The van der Waals surface area contributed by atoms with Crippen molar-refractivity contribution in [3.05, 3.63) is 64.9 Å². The molecule has 34 heavy (non-hydrogen) atoms. The first-order valence-corrected chi connectivity index (χ1v) is 12.6. The number of hydrogen-bond donors (Lipinski definition) is 1. The zero-order chi connectivity index (χ0) is 24.0. The molecule has 1 aromatic heterocycles. The molecule has 0 aliphatic carbocycles. The first kappa shape index (κ1) is 23.3. The lowest BCUT2D eigenvalue weighted by molar-refractivity contribution is 0.0198. The predicted molar refractivity (Wildman–Crippen MR) is 132 cm³/mol. The van der Waals surface area contributed by atoms with E-state index >= 15 is 8.78 Å². The number of likely N-dealkylation sites (tertiary alicyclic amines) is 1. The van der Waals surface area contributed by atoms with E-state index in [4.69, 9.17) is 4.74 Å². The third-order valence-corrected chi connectivity index (χ3v) is 7.19. The number of nitrogens with zero attached hydrogens (tertiary/aromatic N) is 2. The van der Waals surface area contributed by atoms with Crippen LogP contribution in [0.2, 0.25) is 0 Å². The Bertz CT molecular complexity index is 1140. The average molecular weight is 468 g/mol. The molecule has 1 saturated heterocycles. The van der Waals surface area contributed by atoms with Gasteiger partial charge in [-0.25, -0.2) is 8.78 Å². The Balaban J connectivity index is 1.52. The number of rotatable bonds is 7. The summed E-state index contributed by atoms with van der Waals surface area (Å²) in [6, 6.07) is 10.5. The van der Waals surface area contributed by atoms with Crippen LogP contribution in [0.5, 0.6) is 5.75 Å². The van der Waals surface area contributed by atoms with Crippen LogP contribution in [-0.4, -0.2) is 53.1 Å². The van der Waals surface area contributed by atoms with E-state index in [-0.39, 0.29) is 23.5 Å². The number of hydrogen-bond acceptors (Lipinski definition) is 3. The number of para-hydroxylation sites is 1. The van der Waals surface area contributed by atoms with Crippen molar-refractivity contribution in [3.8, 4) is 5.75 Å². The van der Waals surface area contributed by atoms with E-state index in [0.717, 1.165) is 61.2 Å². The SMILES string of the molecule is CCCN1CC(Oc2cc(F)c(C3c4[nH]c5ccccc5c4CC(C)N3CC(C)C)c(F)c2)C1. The van der Waals surface area contributed by atoms with Gasteiger partial charge in [-0.1, -0.05) is 39.0 Å². The van der Waals surface area contributed by atoms with Crippen LogP contribution < -0.4 is 4.74 Å². The van der Waals surface area contributed by atoms with E-state index in [9.17, 15) is 0 Å². The molecule has 3 aromatic rings. The summed E-state index contributed by atoms with van der Waals surface area (Å²) in [7, 11) is 0. The highest BCUT2D eigenvalue weighted by molar-refractivity contribution is 5.85. The van der Waals surface area contributed by atoms with Gasteiger partial charge in [-0.15, -0.1) is 0 Å². The number of nitrogens with one attached hydrogen (secondary N) is 1. The molecule has 2 aliphatic rings. The van der Waals surface area contributed by atoms with Gasteiger partial charge in [-0.2, -0.15) is 0 Å². The van der Waals surface area contributed by atoms with Crippen molar-refractivity contribution >= 4 is 10.9 Å². The molecule has 5 rings (SSSR count). The molecule has 0 spiro atoms. The van der Waals surface area contributed by atoms with Crippen LogP contribution in [0.15, 0.2) is 36.4 Å². The Morgan fingerprint density at radius 2 is 1.82 bits per heavy atom. The number of fused-ring (bicyclic) bond motifs is 3. The number of aromatic amines is 1. The standard InChI is InChI=1S/C28H35F2N3O/c1-5-10-32-15-20(16-32)34-19-12-23(29)26(24(30)13-19)28-27-22(11-18(4)33(28)14-17(2)3)21-8-6-7-9-25(21)31-27/h6-9,12-13,17-18,20,28,31H,5,10-11,14-16H2,1-4H3. The van der Waals surface area contributed by atoms with E-state index in [1.807, 2.05) is 18.2 Å². The molecule has 2 unspecified atom stereocenters. The molecule has 0 bridgehead atoms. The lowest BCUT2D eigenvalue weighted by Gasteiger charge is -2.42. The second kappa shape index (κ2) is 9.31. The van der Waals surface area contributed by atoms with Crippen LogP contribution in [0.25, 0.3) is 10.9 Å². The van der Waals surface area contributed by atoms with E-state index in [1.165, 1.54) is 12.1 Å². The molecule has 1 fully saturated rings. The maximum atomic E-state index is 15.7. The van der Waals surface area contributed by atoms with Crippen LogP contribution in [-0.2, 0) is 6.42 Å². The smallest absolute Gasteiger partial charge is 0.135 e. The highest BCUT2D eigenvalue weighted by Gasteiger charge is 2.39. The van der Waals surface area contributed by atoms with Gasteiger partial charge in [0.15, 0.2) is 0 Å².